The summed E-state index contributed by atoms with van der Waals surface area (Å²) in [4.78, 5) is 16.1. The molecule has 2 aromatic rings. The number of nitrogens with one attached hydrogen (secondary N) is 2. The van der Waals surface area contributed by atoms with Gasteiger partial charge in [0.15, 0.2) is 0 Å². The van der Waals surface area contributed by atoms with Crippen molar-refractivity contribution in [3.63, 3.8) is 0 Å². The molecule has 3 rings (SSSR count). The van der Waals surface area contributed by atoms with E-state index in [1.54, 1.807) is 24.1 Å². The average Bonchev–Trinajstić information content (AvgIpc) is 3.11. The predicted octanol–water partition coefficient (Wildman–Crippen LogP) is 2.25. The molecule has 0 unspecified atom stereocenters. The van der Waals surface area contributed by atoms with Gasteiger partial charge in [0.1, 0.15) is 5.69 Å². The number of nitrogens with zero attached hydrogens (tertiary/aromatic N) is 2. The third-order valence-electron chi connectivity index (χ3n) is 3.16. The first-order valence-corrected chi connectivity index (χ1v) is 6.37. The van der Waals surface area contributed by atoms with Crippen molar-refractivity contribution in [1.29, 1.82) is 0 Å². The Labute approximate surface area is 111 Å². The van der Waals surface area contributed by atoms with Crippen LogP contribution in [0.5, 0.6) is 0 Å². The maximum Gasteiger partial charge on any atom is 0.273 e. The van der Waals surface area contributed by atoms with Crippen LogP contribution in [0.2, 0.25) is 0 Å². The summed E-state index contributed by atoms with van der Waals surface area (Å²) in [7, 11) is 1.80. The second-order valence-corrected chi connectivity index (χ2v) is 4.81. The van der Waals surface area contributed by atoms with Gasteiger partial charge in [0.25, 0.3) is 5.91 Å². The molecule has 1 aliphatic carbocycles. The van der Waals surface area contributed by atoms with E-state index < -0.39 is 0 Å². The number of carbonyl (C=O) groups is 1. The highest BCUT2D eigenvalue weighted by Gasteiger charge is 2.22. The zero-order valence-corrected chi connectivity index (χ0v) is 10.8. The Morgan fingerprint density at radius 1 is 1.32 bits per heavy atom. The number of benzene rings is 1. The number of para-hydroxylation sites is 2. The Balaban J connectivity index is 1.79. The van der Waals surface area contributed by atoms with Crippen LogP contribution in [0.25, 0.3) is 0 Å². The van der Waals surface area contributed by atoms with Crippen LogP contribution in [-0.2, 0) is 7.05 Å². The summed E-state index contributed by atoms with van der Waals surface area (Å²) in [6.45, 7) is 0. The first kappa shape index (κ1) is 11.8. The maximum absolute atomic E-state index is 12.1. The minimum Gasteiger partial charge on any atom is -0.381 e. The van der Waals surface area contributed by atoms with Crippen molar-refractivity contribution < 1.29 is 4.79 Å². The summed E-state index contributed by atoms with van der Waals surface area (Å²) in [5, 5.41) is 6.34. The molecule has 1 amide bonds. The van der Waals surface area contributed by atoms with Gasteiger partial charge < -0.3 is 15.2 Å². The van der Waals surface area contributed by atoms with E-state index >= 15 is 0 Å². The zero-order chi connectivity index (χ0) is 13.2. The number of aryl methyl sites for hydroxylation is 1. The molecule has 1 aromatic heterocycles. The number of rotatable bonds is 4. The lowest BCUT2D eigenvalue weighted by atomic mass is 10.2. The number of anilines is 2. The summed E-state index contributed by atoms with van der Waals surface area (Å²) in [6, 6.07) is 8.31. The first-order valence-electron chi connectivity index (χ1n) is 6.37. The molecular weight excluding hydrogens is 240 g/mol. The Hall–Kier alpha value is -2.30. The van der Waals surface area contributed by atoms with Crippen LogP contribution in [0.1, 0.15) is 23.3 Å². The van der Waals surface area contributed by atoms with Crippen LogP contribution >= 0.6 is 0 Å². The van der Waals surface area contributed by atoms with Crippen molar-refractivity contribution in [2.75, 3.05) is 10.6 Å². The number of hydrogen-bond donors (Lipinski definition) is 2. The normalized spacial score (nSPS) is 14.2. The Bertz CT molecular complexity index is 601. The zero-order valence-electron chi connectivity index (χ0n) is 10.8. The molecule has 0 radical (unpaired) electrons. The van der Waals surface area contributed by atoms with Gasteiger partial charge >= 0.3 is 0 Å². The van der Waals surface area contributed by atoms with Crippen LogP contribution < -0.4 is 10.6 Å². The summed E-state index contributed by atoms with van der Waals surface area (Å²) < 4.78 is 1.70. The van der Waals surface area contributed by atoms with Crippen molar-refractivity contribution in [3.8, 4) is 0 Å². The fraction of sp³-hybridized carbons (Fsp3) is 0.286. The van der Waals surface area contributed by atoms with E-state index in [4.69, 9.17) is 0 Å². The van der Waals surface area contributed by atoms with Crippen molar-refractivity contribution in [2.45, 2.75) is 18.9 Å². The van der Waals surface area contributed by atoms with Crippen molar-refractivity contribution in [3.05, 3.63) is 42.5 Å². The summed E-state index contributed by atoms with van der Waals surface area (Å²) in [5.41, 5.74) is 2.32. The fourth-order valence-corrected chi connectivity index (χ4v) is 1.93. The van der Waals surface area contributed by atoms with E-state index in [2.05, 4.69) is 15.6 Å². The lowest BCUT2D eigenvalue weighted by Gasteiger charge is -2.12. The van der Waals surface area contributed by atoms with Gasteiger partial charge in [0, 0.05) is 13.1 Å². The number of amides is 1. The van der Waals surface area contributed by atoms with Gasteiger partial charge in [-0.25, -0.2) is 4.98 Å². The van der Waals surface area contributed by atoms with Crippen LogP contribution in [0, 0.1) is 0 Å². The van der Waals surface area contributed by atoms with E-state index in [1.165, 1.54) is 12.8 Å². The SMILES string of the molecule is Cn1cncc1C(=O)Nc1ccccc1NC1CC1. The van der Waals surface area contributed by atoms with Gasteiger partial charge in [-0.1, -0.05) is 12.1 Å². The molecule has 0 bridgehead atoms. The highest BCUT2D eigenvalue weighted by Crippen LogP contribution is 2.29. The molecule has 1 saturated carbocycles. The summed E-state index contributed by atoms with van der Waals surface area (Å²) >= 11 is 0. The largest absolute Gasteiger partial charge is 0.381 e. The fourth-order valence-electron chi connectivity index (χ4n) is 1.93. The van der Waals surface area contributed by atoms with Gasteiger partial charge in [-0.2, -0.15) is 0 Å². The van der Waals surface area contributed by atoms with Crippen molar-refractivity contribution in [2.24, 2.45) is 7.05 Å². The quantitative estimate of drug-likeness (QED) is 0.882. The second-order valence-electron chi connectivity index (χ2n) is 4.81. The molecule has 1 heterocycles. The smallest absolute Gasteiger partial charge is 0.273 e. The molecule has 0 spiro atoms. The van der Waals surface area contributed by atoms with Gasteiger partial charge in [-0.15, -0.1) is 0 Å². The van der Waals surface area contributed by atoms with Gasteiger partial charge in [-0.05, 0) is 25.0 Å². The third kappa shape index (κ3) is 2.59. The topological polar surface area (TPSA) is 59.0 Å². The highest BCUT2D eigenvalue weighted by atomic mass is 16.2. The molecule has 2 N–H and O–H groups in total. The third-order valence-corrected chi connectivity index (χ3v) is 3.16. The Morgan fingerprint density at radius 2 is 2.05 bits per heavy atom. The summed E-state index contributed by atoms with van der Waals surface area (Å²) in [6.07, 6.45) is 5.57. The number of hydrogen-bond acceptors (Lipinski definition) is 3. The minimum atomic E-state index is -0.148. The molecular formula is C14H16N4O. The summed E-state index contributed by atoms with van der Waals surface area (Å²) in [5.74, 6) is -0.148. The number of aromatic nitrogens is 2. The molecule has 0 atom stereocenters. The maximum atomic E-state index is 12.1. The standard InChI is InChI=1S/C14H16N4O/c1-18-9-15-8-13(18)14(19)17-12-5-3-2-4-11(12)16-10-6-7-10/h2-5,8-10,16H,6-7H2,1H3,(H,17,19). The molecule has 1 fully saturated rings. The first-order chi connectivity index (χ1) is 9.24. The average molecular weight is 256 g/mol. The van der Waals surface area contributed by atoms with Crippen LogP contribution in [-0.4, -0.2) is 21.5 Å². The Kier molecular flexibility index (Phi) is 2.95. The molecule has 98 valence electrons. The minimum absolute atomic E-state index is 0.148. The molecule has 5 nitrogen and oxygen atoms in total. The van der Waals surface area contributed by atoms with Crippen LogP contribution in [0.4, 0.5) is 11.4 Å². The van der Waals surface area contributed by atoms with E-state index in [0.29, 0.717) is 11.7 Å². The van der Waals surface area contributed by atoms with Crippen molar-refractivity contribution >= 4 is 17.3 Å². The van der Waals surface area contributed by atoms with Gasteiger partial charge in [0.05, 0.1) is 23.9 Å². The van der Waals surface area contributed by atoms with Crippen LogP contribution in [0.15, 0.2) is 36.8 Å². The van der Waals surface area contributed by atoms with E-state index in [-0.39, 0.29) is 5.91 Å². The lowest BCUT2D eigenvalue weighted by Crippen LogP contribution is -2.16. The van der Waals surface area contributed by atoms with E-state index in [9.17, 15) is 4.79 Å². The van der Waals surface area contributed by atoms with Crippen LogP contribution in [0.3, 0.4) is 0 Å². The van der Waals surface area contributed by atoms with E-state index in [1.807, 2.05) is 24.3 Å². The molecule has 0 saturated heterocycles. The van der Waals surface area contributed by atoms with Gasteiger partial charge in [-0.3, -0.25) is 4.79 Å². The number of imidazole rings is 1. The van der Waals surface area contributed by atoms with Gasteiger partial charge in [0.2, 0.25) is 0 Å². The molecule has 19 heavy (non-hydrogen) atoms. The molecule has 1 aromatic carbocycles. The molecule has 1 aliphatic rings. The molecule has 5 heteroatoms. The second kappa shape index (κ2) is 4.76. The lowest BCUT2D eigenvalue weighted by molar-refractivity contribution is 0.101. The highest BCUT2D eigenvalue weighted by molar-refractivity contribution is 6.04. The molecule has 0 aliphatic heterocycles. The van der Waals surface area contributed by atoms with E-state index in [0.717, 1.165) is 11.4 Å². The Morgan fingerprint density at radius 3 is 2.68 bits per heavy atom. The van der Waals surface area contributed by atoms with Crippen molar-refractivity contribution in [1.82, 2.24) is 9.55 Å². The monoisotopic (exact) mass is 256 g/mol. The predicted molar refractivity (Wildman–Crippen MR) is 74.2 cm³/mol. The number of carbonyl (C=O) groups excluding carboxylic acids is 1.